The number of piperidine rings is 1. The summed E-state index contributed by atoms with van der Waals surface area (Å²) in [6.07, 6.45) is 2.34. The fourth-order valence-corrected chi connectivity index (χ4v) is 2.42. The SMILES string of the molecule is CCC1(C(=O)O)CCCN(CCNC(C)=O)C1. The standard InChI is InChI=1S/C12H22N2O3/c1-3-12(11(16)17)5-4-7-14(9-12)8-6-13-10(2)15/h3-9H2,1-2H3,(H,13,15)(H,16,17). The molecule has 5 nitrogen and oxygen atoms in total. The Morgan fingerprint density at radius 2 is 2.18 bits per heavy atom. The van der Waals surface area contributed by atoms with Crippen molar-refractivity contribution in [3.8, 4) is 0 Å². The molecule has 1 aliphatic rings. The molecule has 17 heavy (non-hydrogen) atoms. The van der Waals surface area contributed by atoms with E-state index in [1.54, 1.807) is 0 Å². The fourth-order valence-electron chi connectivity index (χ4n) is 2.42. The zero-order chi connectivity index (χ0) is 12.9. The maximum atomic E-state index is 11.3. The summed E-state index contributed by atoms with van der Waals surface area (Å²) in [6, 6.07) is 0. The van der Waals surface area contributed by atoms with Gasteiger partial charge in [0, 0.05) is 26.6 Å². The Bertz CT molecular complexity index is 293. The van der Waals surface area contributed by atoms with E-state index in [0.29, 0.717) is 19.5 Å². The lowest BCUT2D eigenvalue weighted by Gasteiger charge is -2.39. The predicted molar refractivity (Wildman–Crippen MR) is 64.7 cm³/mol. The third-order valence-corrected chi connectivity index (χ3v) is 3.59. The van der Waals surface area contributed by atoms with Gasteiger partial charge in [-0.15, -0.1) is 0 Å². The number of nitrogens with zero attached hydrogens (tertiary/aromatic N) is 1. The molecular weight excluding hydrogens is 220 g/mol. The molecule has 1 fully saturated rings. The minimum atomic E-state index is -0.691. The van der Waals surface area contributed by atoms with E-state index in [9.17, 15) is 14.7 Å². The van der Waals surface area contributed by atoms with Gasteiger partial charge < -0.3 is 15.3 Å². The van der Waals surface area contributed by atoms with Gasteiger partial charge in [-0.05, 0) is 25.8 Å². The predicted octanol–water partition coefficient (Wildman–Crippen LogP) is 0.699. The Labute approximate surface area is 102 Å². The molecule has 0 saturated carbocycles. The molecule has 1 aliphatic heterocycles. The number of amides is 1. The number of carbonyl (C=O) groups is 2. The summed E-state index contributed by atoms with van der Waals surface area (Å²) in [5.74, 6) is -0.730. The molecule has 98 valence electrons. The highest BCUT2D eigenvalue weighted by atomic mass is 16.4. The van der Waals surface area contributed by atoms with Crippen LogP contribution in [0.2, 0.25) is 0 Å². The third kappa shape index (κ3) is 3.70. The van der Waals surface area contributed by atoms with Crippen LogP contribution in [0.25, 0.3) is 0 Å². The molecule has 0 aromatic heterocycles. The van der Waals surface area contributed by atoms with Crippen molar-refractivity contribution in [3.05, 3.63) is 0 Å². The van der Waals surface area contributed by atoms with E-state index in [-0.39, 0.29) is 5.91 Å². The summed E-state index contributed by atoms with van der Waals surface area (Å²) < 4.78 is 0. The van der Waals surface area contributed by atoms with Crippen molar-refractivity contribution in [1.82, 2.24) is 10.2 Å². The van der Waals surface area contributed by atoms with Crippen LogP contribution < -0.4 is 5.32 Å². The smallest absolute Gasteiger partial charge is 0.310 e. The maximum Gasteiger partial charge on any atom is 0.310 e. The first kappa shape index (κ1) is 14.0. The summed E-state index contributed by atoms with van der Waals surface area (Å²) in [5, 5.41) is 12.1. The van der Waals surface area contributed by atoms with Crippen molar-refractivity contribution in [2.45, 2.75) is 33.1 Å². The van der Waals surface area contributed by atoms with Gasteiger partial charge >= 0.3 is 5.97 Å². The lowest BCUT2D eigenvalue weighted by Crippen LogP contribution is -2.49. The molecule has 5 heteroatoms. The number of carboxylic acids is 1. The minimum Gasteiger partial charge on any atom is -0.481 e. The van der Waals surface area contributed by atoms with E-state index in [2.05, 4.69) is 10.2 Å². The first-order chi connectivity index (χ1) is 8.00. The first-order valence-corrected chi connectivity index (χ1v) is 6.20. The van der Waals surface area contributed by atoms with Crippen molar-refractivity contribution < 1.29 is 14.7 Å². The number of likely N-dealkylation sites (tertiary alicyclic amines) is 1. The van der Waals surface area contributed by atoms with Crippen LogP contribution in [0, 0.1) is 5.41 Å². The fraction of sp³-hybridized carbons (Fsp3) is 0.833. The van der Waals surface area contributed by atoms with Gasteiger partial charge in [0.1, 0.15) is 0 Å². The Hall–Kier alpha value is -1.10. The molecule has 1 saturated heterocycles. The number of hydrogen-bond acceptors (Lipinski definition) is 3. The molecule has 0 bridgehead atoms. The molecule has 0 aromatic rings. The van der Waals surface area contributed by atoms with Crippen LogP contribution in [0.4, 0.5) is 0 Å². The van der Waals surface area contributed by atoms with Crippen molar-refractivity contribution in [2.24, 2.45) is 5.41 Å². The number of rotatable bonds is 5. The Balaban J connectivity index is 2.48. The van der Waals surface area contributed by atoms with Gasteiger partial charge in [-0.25, -0.2) is 0 Å². The van der Waals surface area contributed by atoms with Gasteiger partial charge in [0.05, 0.1) is 5.41 Å². The molecule has 0 aliphatic carbocycles. The van der Waals surface area contributed by atoms with Gasteiger partial charge in [0.2, 0.25) is 5.91 Å². The van der Waals surface area contributed by atoms with Crippen LogP contribution >= 0.6 is 0 Å². The lowest BCUT2D eigenvalue weighted by atomic mass is 9.77. The van der Waals surface area contributed by atoms with Crippen LogP contribution in [0.1, 0.15) is 33.1 Å². The second-order valence-electron chi connectivity index (χ2n) is 4.80. The van der Waals surface area contributed by atoms with Crippen molar-refractivity contribution >= 4 is 11.9 Å². The van der Waals surface area contributed by atoms with Crippen LogP contribution in [0.5, 0.6) is 0 Å². The zero-order valence-electron chi connectivity index (χ0n) is 10.7. The van der Waals surface area contributed by atoms with E-state index in [0.717, 1.165) is 25.9 Å². The highest BCUT2D eigenvalue weighted by Crippen LogP contribution is 2.33. The van der Waals surface area contributed by atoms with E-state index < -0.39 is 11.4 Å². The molecule has 1 rings (SSSR count). The average Bonchev–Trinajstić information content (AvgIpc) is 2.28. The summed E-state index contributed by atoms with van der Waals surface area (Å²) in [4.78, 5) is 24.2. The second kappa shape index (κ2) is 6.00. The molecule has 1 atom stereocenters. The summed E-state index contributed by atoms with van der Waals surface area (Å²) in [6.45, 7) is 6.27. The number of carbonyl (C=O) groups excluding carboxylic acids is 1. The number of aliphatic carboxylic acids is 1. The summed E-state index contributed by atoms with van der Waals surface area (Å²) >= 11 is 0. The van der Waals surface area contributed by atoms with Crippen molar-refractivity contribution in [1.29, 1.82) is 0 Å². The largest absolute Gasteiger partial charge is 0.481 e. The summed E-state index contributed by atoms with van der Waals surface area (Å²) in [5.41, 5.74) is -0.589. The van der Waals surface area contributed by atoms with Crippen molar-refractivity contribution in [2.75, 3.05) is 26.2 Å². The Morgan fingerprint density at radius 3 is 2.71 bits per heavy atom. The van der Waals surface area contributed by atoms with Crippen LogP contribution in [-0.2, 0) is 9.59 Å². The lowest BCUT2D eigenvalue weighted by molar-refractivity contribution is -0.153. The van der Waals surface area contributed by atoms with Crippen molar-refractivity contribution in [3.63, 3.8) is 0 Å². The molecule has 1 unspecified atom stereocenters. The molecule has 1 amide bonds. The quantitative estimate of drug-likeness (QED) is 0.744. The maximum absolute atomic E-state index is 11.3. The van der Waals surface area contributed by atoms with E-state index in [1.807, 2.05) is 6.92 Å². The molecule has 0 spiro atoms. The van der Waals surface area contributed by atoms with E-state index >= 15 is 0 Å². The molecule has 2 N–H and O–H groups in total. The number of nitrogens with one attached hydrogen (secondary N) is 1. The van der Waals surface area contributed by atoms with Gasteiger partial charge in [-0.3, -0.25) is 9.59 Å². The van der Waals surface area contributed by atoms with Crippen LogP contribution in [0.3, 0.4) is 0 Å². The molecule has 0 radical (unpaired) electrons. The van der Waals surface area contributed by atoms with Gasteiger partial charge in [0.15, 0.2) is 0 Å². The molecule has 1 heterocycles. The van der Waals surface area contributed by atoms with Gasteiger partial charge in [-0.1, -0.05) is 6.92 Å². The second-order valence-corrected chi connectivity index (χ2v) is 4.80. The normalized spacial score (nSPS) is 25.5. The zero-order valence-corrected chi connectivity index (χ0v) is 10.7. The highest BCUT2D eigenvalue weighted by Gasteiger charge is 2.40. The monoisotopic (exact) mass is 242 g/mol. The van der Waals surface area contributed by atoms with Gasteiger partial charge in [-0.2, -0.15) is 0 Å². The topological polar surface area (TPSA) is 69.6 Å². The molecule has 0 aromatic carbocycles. The number of carboxylic acid groups (broad SMARTS) is 1. The first-order valence-electron chi connectivity index (χ1n) is 6.20. The Morgan fingerprint density at radius 1 is 1.47 bits per heavy atom. The van der Waals surface area contributed by atoms with Crippen LogP contribution in [-0.4, -0.2) is 48.1 Å². The summed E-state index contributed by atoms with van der Waals surface area (Å²) in [7, 11) is 0. The van der Waals surface area contributed by atoms with E-state index in [1.165, 1.54) is 6.92 Å². The number of hydrogen-bond donors (Lipinski definition) is 2. The van der Waals surface area contributed by atoms with Gasteiger partial charge in [0.25, 0.3) is 0 Å². The van der Waals surface area contributed by atoms with E-state index in [4.69, 9.17) is 0 Å². The van der Waals surface area contributed by atoms with Crippen LogP contribution in [0.15, 0.2) is 0 Å². The average molecular weight is 242 g/mol. The Kier molecular flexibility index (Phi) is 4.93. The minimum absolute atomic E-state index is 0.0398. The molecular formula is C12H22N2O3. The third-order valence-electron chi connectivity index (χ3n) is 3.59. The highest BCUT2D eigenvalue weighted by molar-refractivity contribution is 5.75.